The van der Waals surface area contributed by atoms with Gasteiger partial charge in [-0.05, 0) is 12.1 Å². The summed E-state index contributed by atoms with van der Waals surface area (Å²) in [6.45, 7) is 0. The van der Waals surface area contributed by atoms with Crippen LogP contribution < -0.4 is 5.32 Å². The Morgan fingerprint density at radius 1 is 1.20 bits per heavy atom. The summed E-state index contributed by atoms with van der Waals surface area (Å²) in [6, 6.07) is 7.31. The van der Waals surface area contributed by atoms with E-state index in [1.165, 1.54) is 5.01 Å². The van der Waals surface area contributed by atoms with Crippen LogP contribution in [0.5, 0.6) is 0 Å². The van der Waals surface area contributed by atoms with E-state index in [0.717, 1.165) is 11.3 Å². The SMILES string of the molecule is CN1C(=O)Nc2ccccc2C(=S)N1C. The molecule has 0 aliphatic carbocycles. The van der Waals surface area contributed by atoms with Crippen molar-refractivity contribution in [1.29, 1.82) is 0 Å². The van der Waals surface area contributed by atoms with E-state index in [1.54, 1.807) is 19.1 Å². The van der Waals surface area contributed by atoms with Crippen molar-refractivity contribution in [1.82, 2.24) is 10.0 Å². The number of fused-ring (bicyclic) bond motifs is 1. The van der Waals surface area contributed by atoms with Crippen molar-refractivity contribution < 1.29 is 4.79 Å². The van der Waals surface area contributed by atoms with Crippen LogP contribution in [0.15, 0.2) is 24.3 Å². The van der Waals surface area contributed by atoms with Crippen molar-refractivity contribution in [3.8, 4) is 0 Å². The van der Waals surface area contributed by atoms with E-state index in [0.29, 0.717) is 4.99 Å². The van der Waals surface area contributed by atoms with Gasteiger partial charge in [-0.15, -0.1) is 0 Å². The zero-order valence-corrected chi connectivity index (χ0v) is 9.34. The molecule has 0 saturated heterocycles. The zero-order chi connectivity index (χ0) is 11.0. The molecule has 4 nitrogen and oxygen atoms in total. The van der Waals surface area contributed by atoms with Crippen molar-refractivity contribution in [3.63, 3.8) is 0 Å². The van der Waals surface area contributed by atoms with Crippen LogP contribution in [0.2, 0.25) is 0 Å². The Kier molecular flexibility index (Phi) is 2.32. The van der Waals surface area contributed by atoms with Gasteiger partial charge in [-0.3, -0.25) is 5.01 Å². The molecule has 2 amide bonds. The first-order valence-corrected chi connectivity index (χ1v) is 4.94. The van der Waals surface area contributed by atoms with E-state index in [9.17, 15) is 4.79 Å². The highest BCUT2D eigenvalue weighted by molar-refractivity contribution is 7.80. The average Bonchev–Trinajstić information content (AvgIpc) is 2.32. The summed E-state index contributed by atoms with van der Waals surface area (Å²) in [5.74, 6) is 0. The van der Waals surface area contributed by atoms with Gasteiger partial charge >= 0.3 is 6.03 Å². The van der Waals surface area contributed by atoms with Gasteiger partial charge in [0.25, 0.3) is 0 Å². The van der Waals surface area contributed by atoms with E-state index >= 15 is 0 Å². The largest absolute Gasteiger partial charge is 0.340 e. The number of anilines is 1. The molecule has 1 aromatic carbocycles. The number of amides is 2. The molecule has 0 fully saturated rings. The molecule has 0 aromatic heterocycles. The minimum atomic E-state index is -0.190. The Hall–Kier alpha value is -1.62. The van der Waals surface area contributed by atoms with E-state index in [1.807, 2.05) is 24.3 Å². The van der Waals surface area contributed by atoms with E-state index < -0.39 is 0 Å². The fraction of sp³-hybridized carbons (Fsp3) is 0.200. The molecule has 1 heterocycles. The van der Waals surface area contributed by atoms with Crippen molar-refractivity contribution >= 4 is 28.9 Å². The number of urea groups is 1. The van der Waals surface area contributed by atoms with Crippen molar-refractivity contribution in [2.45, 2.75) is 0 Å². The maximum atomic E-state index is 11.6. The Morgan fingerprint density at radius 3 is 2.60 bits per heavy atom. The Labute approximate surface area is 93.4 Å². The highest BCUT2D eigenvalue weighted by atomic mass is 32.1. The van der Waals surface area contributed by atoms with Gasteiger partial charge in [0.2, 0.25) is 0 Å². The van der Waals surface area contributed by atoms with Crippen LogP contribution in [-0.2, 0) is 0 Å². The van der Waals surface area contributed by atoms with Crippen LogP contribution in [0.4, 0.5) is 10.5 Å². The summed E-state index contributed by atoms with van der Waals surface area (Å²) in [5.41, 5.74) is 1.62. The monoisotopic (exact) mass is 221 g/mol. The van der Waals surface area contributed by atoms with Gasteiger partial charge in [-0.25, -0.2) is 9.80 Å². The van der Waals surface area contributed by atoms with Crippen LogP contribution in [0, 0.1) is 0 Å². The van der Waals surface area contributed by atoms with Gasteiger partial charge in [-0.2, -0.15) is 0 Å². The number of nitrogens with zero attached hydrogens (tertiary/aromatic N) is 2. The second-order valence-electron chi connectivity index (χ2n) is 3.33. The topological polar surface area (TPSA) is 35.6 Å². The molecule has 5 heteroatoms. The van der Waals surface area contributed by atoms with Gasteiger partial charge in [0.1, 0.15) is 4.99 Å². The lowest BCUT2D eigenvalue weighted by Gasteiger charge is -2.26. The molecule has 1 aliphatic rings. The van der Waals surface area contributed by atoms with Crippen molar-refractivity contribution in [2.75, 3.05) is 19.4 Å². The minimum absolute atomic E-state index is 0.190. The standard InChI is InChI=1S/C10H11N3OS/c1-12-9(15)7-5-3-4-6-8(7)11-10(14)13(12)2/h3-6H,1-2H3,(H,11,14). The Bertz CT molecular complexity index is 432. The number of benzene rings is 1. The van der Waals surface area contributed by atoms with Crippen molar-refractivity contribution in [3.05, 3.63) is 29.8 Å². The van der Waals surface area contributed by atoms with Crippen LogP contribution in [0.25, 0.3) is 0 Å². The normalized spacial score (nSPS) is 15.9. The molecule has 1 N–H and O–H groups in total. The molecule has 0 saturated carbocycles. The Balaban J connectivity index is 2.53. The van der Waals surface area contributed by atoms with Gasteiger partial charge in [0.15, 0.2) is 0 Å². The highest BCUT2D eigenvalue weighted by Gasteiger charge is 2.24. The average molecular weight is 221 g/mol. The molecule has 0 bridgehead atoms. The zero-order valence-electron chi connectivity index (χ0n) is 8.52. The Morgan fingerprint density at radius 2 is 1.87 bits per heavy atom. The molecule has 15 heavy (non-hydrogen) atoms. The van der Waals surface area contributed by atoms with Gasteiger partial charge in [0.05, 0.1) is 5.69 Å². The molecule has 0 atom stereocenters. The third kappa shape index (κ3) is 1.55. The van der Waals surface area contributed by atoms with Crippen LogP contribution in [0.3, 0.4) is 0 Å². The number of rotatable bonds is 0. The van der Waals surface area contributed by atoms with Crippen LogP contribution in [-0.4, -0.2) is 35.1 Å². The molecule has 1 aliphatic heterocycles. The maximum absolute atomic E-state index is 11.6. The predicted octanol–water partition coefficient (Wildman–Crippen LogP) is 1.69. The second kappa shape index (κ2) is 3.51. The first-order chi connectivity index (χ1) is 7.11. The first-order valence-electron chi connectivity index (χ1n) is 4.53. The lowest BCUT2D eigenvalue weighted by Crippen LogP contribution is -2.43. The third-order valence-corrected chi connectivity index (χ3v) is 2.92. The summed E-state index contributed by atoms with van der Waals surface area (Å²) < 4.78 is 0. The molecule has 0 spiro atoms. The van der Waals surface area contributed by atoms with Crippen LogP contribution in [0.1, 0.15) is 5.56 Å². The molecule has 0 radical (unpaired) electrons. The lowest BCUT2D eigenvalue weighted by atomic mass is 10.2. The van der Waals surface area contributed by atoms with Gasteiger partial charge in [0, 0.05) is 19.7 Å². The van der Waals surface area contributed by atoms with E-state index in [-0.39, 0.29) is 6.03 Å². The third-order valence-electron chi connectivity index (χ3n) is 2.44. The summed E-state index contributed by atoms with van der Waals surface area (Å²) >= 11 is 5.29. The summed E-state index contributed by atoms with van der Waals surface area (Å²) in [5, 5.41) is 5.89. The number of para-hydroxylation sites is 1. The number of carbonyl (C=O) groups is 1. The molecule has 78 valence electrons. The number of hydrogen-bond donors (Lipinski definition) is 1. The smallest absolute Gasteiger partial charge is 0.306 e. The molecule has 2 rings (SSSR count). The second-order valence-corrected chi connectivity index (χ2v) is 3.71. The van der Waals surface area contributed by atoms with E-state index in [4.69, 9.17) is 12.2 Å². The predicted molar refractivity (Wildman–Crippen MR) is 62.7 cm³/mol. The minimum Gasteiger partial charge on any atom is -0.306 e. The van der Waals surface area contributed by atoms with Crippen molar-refractivity contribution in [2.24, 2.45) is 0 Å². The van der Waals surface area contributed by atoms with Crippen LogP contribution >= 0.6 is 12.2 Å². The number of nitrogens with one attached hydrogen (secondary N) is 1. The quantitative estimate of drug-likeness (QED) is 0.677. The van der Waals surface area contributed by atoms with Gasteiger partial charge in [-0.1, -0.05) is 24.4 Å². The lowest BCUT2D eigenvalue weighted by molar-refractivity contribution is 0.141. The molecule has 0 unspecified atom stereocenters. The summed E-state index contributed by atoms with van der Waals surface area (Å²) in [7, 11) is 3.44. The number of thiocarbonyl (C=S) groups is 1. The van der Waals surface area contributed by atoms with Gasteiger partial charge < -0.3 is 5.32 Å². The molecular weight excluding hydrogens is 210 g/mol. The maximum Gasteiger partial charge on any atom is 0.340 e. The summed E-state index contributed by atoms with van der Waals surface area (Å²) in [6.07, 6.45) is 0. The first kappa shape index (κ1) is 9.92. The number of hydrazine groups is 1. The summed E-state index contributed by atoms with van der Waals surface area (Å²) in [4.78, 5) is 12.3. The fourth-order valence-electron chi connectivity index (χ4n) is 1.42. The number of hydrogen-bond acceptors (Lipinski definition) is 2. The van der Waals surface area contributed by atoms with E-state index in [2.05, 4.69) is 5.32 Å². The molecular formula is C10H11N3OS. The number of carbonyl (C=O) groups excluding carboxylic acids is 1. The highest BCUT2D eigenvalue weighted by Crippen LogP contribution is 2.21. The molecule has 1 aromatic rings. The fourth-order valence-corrected chi connectivity index (χ4v) is 1.72.